The molecule has 0 fully saturated rings. The Balaban J connectivity index is 2.89. The number of rotatable bonds is 6. The molecule has 88 valence electrons. The van der Waals surface area contributed by atoms with E-state index in [1.165, 1.54) is 0 Å². The lowest BCUT2D eigenvalue weighted by Gasteiger charge is -2.04. The molecule has 0 atom stereocenters. The maximum Gasteiger partial charge on any atom is 0.184 e. The molecule has 0 unspecified atom stereocenters. The van der Waals surface area contributed by atoms with Gasteiger partial charge in [0.15, 0.2) is 5.78 Å². The molecule has 0 aromatic carbocycles. The molecule has 0 aliphatic carbocycles. The zero-order chi connectivity index (χ0) is 12.1. The van der Waals surface area contributed by atoms with E-state index in [1.54, 1.807) is 4.68 Å². The van der Waals surface area contributed by atoms with Crippen molar-refractivity contribution < 1.29 is 4.79 Å². The van der Waals surface area contributed by atoms with Crippen LogP contribution in [0, 0.1) is 0 Å². The molecule has 0 N–H and O–H groups in total. The van der Waals surface area contributed by atoms with Crippen LogP contribution < -0.4 is 0 Å². The molecular formula is C13H20N2O. The summed E-state index contributed by atoms with van der Waals surface area (Å²) in [6, 6.07) is 1.90. The fourth-order valence-electron chi connectivity index (χ4n) is 1.55. The standard InChI is InChI=1S/C13H20N2O/c1-5-10(4)8-13(16)12-9-11(6-2)14-15(12)7-3/h9H,4-8H2,1-3H3. The van der Waals surface area contributed by atoms with Crippen LogP contribution >= 0.6 is 0 Å². The number of hydrogen-bond donors (Lipinski definition) is 0. The first kappa shape index (κ1) is 12.7. The molecule has 0 aliphatic heterocycles. The minimum absolute atomic E-state index is 0.126. The molecule has 0 amide bonds. The van der Waals surface area contributed by atoms with Gasteiger partial charge in [-0.25, -0.2) is 0 Å². The summed E-state index contributed by atoms with van der Waals surface area (Å²) in [4.78, 5) is 12.0. The Bertz CT molecular complexity index is 391. The van der Waals surface area contributed by atoms with Crippen LogP contribution in [0.1, 0.15) is 49.8 Å². The van der Waals surface area contributed by atoms with Crippen LogP contribution in [0.5, 0.6) is 0 Å². The van der Waals surface area contributed by atoms with E-state index in [1.807, 2.05) is 26.8 Å². The number of aromatic nitrogens is 2. The van der Waals surface area contributed by atoms with Crippen molar-refractivity contribution in [3.8, 4) is 0 Å². The number of carbonyl (C=O) groups is 1. The van der Waals surface area contributed by atoms with Crippen molar-refractivity contribution in [3.05, 3.63) is 29.6 Å². The maximum atomic E-state index is 12.0. The summed E-state index contributed by atoms with van der Waals surface area (Å²) in [5.74, 6) is 0.126. The molecule has 0 saturated carbocycles. The van der Waals surface area contributed by atoms with Gasteiger partial charge in [0.05, 0.1) is 5.69 Å². The van der Waals surface area contributed by atoms with Crippen molar-refractivity contribution in [2.75, 3.05) is 0 Å². The zero-order valence-corrected chi connectivity index (χ0v) is 10.4. The highest BCUT2D eigenvalue weighted by Crippen LogP contribution is 2.12. The van der Waals surface area contributed by atoms with Crippen LogP contribution in [0.25, 0.3) is 0 Å². The van der Waals surface area contributed by atoms with Crippen LogP contribution in [-0.2, 0) is 13.0 Å². The van der Waals surface area contributed by atoms with E-state index >= 15 is 0 Å². The Labute approximate surface area is 97.2 Å². The third-order valence-electron chi connectivity index (χ3n) is 2.69. The van der Waals surface area contributed by atoms with Gasteiger partial charge in [0.1, 0.15) is 5.69 Å². The van der Waals surface area contributed by atoms with E-state index in [9.17, 15) is 4.79 Å². The van der Waals surface area contributed by atoms with Gasteiger partial charge in [-0.15, -0.1) is 0 Å². The third-order valence-corrected chi connectivity index (χ3v) is 2.69. The quantitative estimate of drug-likeness (QED) is 0.545. The molecule has 1 aromatic heterocycles. The number of nitrogens with zero attached hydrogens (tertiary/aromatic N) is 2. The molecule has 0 saturated heterocycles. The first-order valence-electron chi connectivity index (χ1n) is 5.88. The summed E-state index contributed by atoms with van der Waals surface area (Å²) < 4.78 is 1.78. The highest BCUT2D eigenvalue weighted by atomic mass is 16.1. The maximum absolute atomic E-state index is 12.0. The number of aryl methyl sites for hydroxylation is 2. The molecule has 0 radical (unpaired) electrons. The molecule has 3 heteroatoms. The second kappa shape index (κ2) is 5.64. The van der Waals surface area contributed by atoms with Crippen molar-refractivity contribution in [1.82, 2.24) is 9.78 Å². The summed E-state index contributed by atoms with van der Waals surface area (Å²) >= 11 is 0. The van der Waals surface area contributed by atoms with E-state index in [4.69, 9.17) is 0 Å². The molecule has 1 aromatic rings. The van der Waals surface area contributed by atoms with Crippen molar-refractivity contribution >= 4 is 5.78 Å². The fraction of sp³-hybridized carbons (Fsp3) is 0.538. The molecule has 1 rings (SSSR count). The van der Waals surface area contributed by atoms with Crippen molar-refractivity contribution in [2.24, 2.45) is 0 Å². The summed E-state index contributed by atoms with van der Waals surface area (Å²) in [7, 11) is 0. The fourth-order valence-corrected chi connectivity index (χ4v) is 1.55. The van der Waals surface area contributed by atoms with E-state index < -0.39 is 0 Å². The first-order valence-corrected chi connectivity index (χ1v) is 5.88. The summed E-state index contributed by atoms with van der Waals surface area (Å²) in [6.45, 7) is 10.7. The van der Waals surface area contributed by atoms with Gasteiger partial charge in [-0.2, -0.15) is 5.10 Å². The van der Waals surface area contributed by atoms with E-state index in [-0.39, 0.29) is 5.78 Å². The molecule has 0 aliphatic rings. The highest BCUT2D eigenvalue weighted by molar-refractivity contribution is 5.96. The second-order valence-corrected chi connectivity index (χ2v) is 3.89. The average molecular weight is 220 g/mol. The van der Waals surface area contributed by atoms with Gasteiger partial charge < -0.3 is 0 Å². The van der Waals surface area contributed by atoms with Gasteiger partial charge in [0, 0.05) is 13.0 Å². The van der Waals surface area contributed by atoms with E-state index in [0.717, 1.165) is 30.7 Å². The predicted molar refractivity (Wildman–Crippen MR) is 65.7 cm³/mol. The Morgan fingerprint density at radius 2 is 2.12 bits per heavy atom. The van der Waals surface area contributed by atoms with Crippen molar-refractivity contribution in [2.45, 2.75) is 46.6 Å². The number of carbonyl (C=O) groups excluding carboxylic acids is 1. The molecule has 0 spiro atoms. The predicted octanol–water partition coefficient (Wildman–Crippen LogP) is 3.00. The molecular weight excluding hydrogens is 200 g/mol. The van der Waals surface area contributed by atoms with Gasteiger partial charge >= 0.3 is 0 Å². The SMILES string of the molecule is C=C(CC)CC(=O)c1cc(CC)nn1CC. The largest absolute Gasteiger partial charge is 0.292 e. The first-order chi connectivity index (χ1) is 7.62. The minimum Gasteiger partial charge on any atom is -0.292 e. The second-order valence-electron chi connectivity index (χ2n) is 3.89. The summed E-state index contributed by atoms with van der Waals surface area (Å²) in [5.41, 5.74) is 2.67. The van der Waals surface area contributed by atoms with Gasteiger partial charge in [-0.1, -0.05) is 26.0 Å². The topological polar surface area (TPSA) is 34.9 Å². The van der Waals surface area contributed by atoms with Crippen LogP contribution in [0.15, 0.2) is 18.2 Å². The summed E-state index contributed by atoms with van der Waals surface area (Å²) in [6.07, 6.45) is 2.15. The molecule has 0 bridgehead atoms. The number of hydrogen-bond acceptors (Lipinski definition) is 2. The van der Waals surface area contributed by atoms with Crippen molar-refractivity contribution in [3.63, 3.8) is 0 Å². The van der Waals surface area contributed by atoms with Gasteiger partial charge in [-0.05, 0) is 25.8 Å². The third kappa shape index (κ3) is 2.81. The van der Waals surface area contributed by atoms with E-state index in [0.29, 0.717) is 12.1 Å². The van der Waals surface area contributed by atoms with Crippen LogP contribution in [0.3, 0.4) is 0 Å². The van der Waals surface area contributed by atoms with Crippen LogP contribution in [0.2, 0.25) is 0 Å². The van der Waals surface area contributed by atoms with Gasteiger partial charge in [0.2, 0.25) is 0 Å². The highest BCUT2D eigenvalue weighted by Gasteiger charge is 2.14. The minimum atomic E-state index is 0.126. The Morgan fingerprint density at radius 1 is 1.44 bits per heavy atom. The smallest absolute Gasteiger partial charge is 0.184 e. The number of Topliss-reactive ketones (excluding diaryl/α,β-unsaturated/α-hetero) is 1. The lowest BCUT2D eigenvalue weighted by Crippen LogP contribution is -2.09. The van der Waals surface area contributed by atoms with Gasteiger partial charge in [0.25, 0.3) is 0 Å². The number of ketones is 1. The Kier molecular flexibility index (Phi) is 4.47. The Morgan fingerprint density at radius 3 is 2.62 bits per heavy atom. The lowest BCUT2D eigenvalue weighted by molar-refractivity contribution is 0.0982. The zero-order valence-electron chi connectivity index (χ0n) is 10.4. The number of allylic oxidation sites excluding steroid dienone is 1. The Hall–Kier alpha value is -1.38. The van der Waals surface area contributed by atoms with Crippen LogP contribution in [0.4, 0.5) is 0 Å². The van der Waals surface area contributed by atoms with Crippen molar-refractivity contribution in [1.29, 1.82) is 0 Å². The summed E-state index contributed by atoms with van der Waals surface area (Å²) in [5, 5.41) is 4.37. The normalized spacial score (nSPS) is 10.4. The lowest BCUT2D eigenvalue weighted by atomic mass is 10.1. The molecule has 3 nitrogen and oxygen atoms in total. The monoisotopic (exact) mass is 220 g/mol. The molecule has 16 heavy (non-hydrogen) atoms. The van der Waals surface area contributed by atoms with E-state index in [2.05, 4.69) is 11.7 Å². The molecule has 1 heterocycles. The van der Waals surface area contributed by atoms with Gasteiger partial charge in [-0.3, -0.25) is 9.48 Å². The van der Waals surface area contributed by atoms with Crippen LogP contribution in [-0.4, -0.2) is 15.6 Å². The average Bonchev–Trinajstić information content (AvgIpc) is 2.71.